The lowest BCUT2D eigenvalue weighted by molar-refractivity contribution is -0.308. The molecule has 1 fully saturated rings. The summed E-state index contributed by atoms with van der Waals surface area (Å²) >= 11 is 0. The number of rotatable bonds is 2. The van der Waals surface area contributed by atoms with Gasteiger partial charge in [0.2, 0.25) is 0 Å². The van der Waals surface area contributed by atoms with Gasteiger partial charge in [-0.25, -0.2) is 0 Å². The average molecular weight is 217 g/mol. The maximum atomic E-state index is 10.7. The van der Waals surface area contributed by atoms with E-state index < -0.39 is 5.97 Å². The average Bonchev–Trinajstić information content (AvgIpc) is 2.96. The maximum absolute atomic E-state index is 10.7. The molecule has 2 atom stereocenters. The predicted molar refractivity (Wildman–Crippen MR) is 61.0 cm³/mol. The summed E-state index contributed by atoms with van der Waals surface area (Å²) in [5.74, 6) is -0.996. The summed E-state index contributed by atoms with van der Waals surface area (Å²) in [5.41, 5.74) is 2.56. The minimum Gasteiger partial charge on any atom is -0.550 e. The molecule has 2 nitrogen and oxygen atoms in total. The van der Waals surface area contributed by atoms with E-state index in [0.717, 1.165) is 12.0 Å². The van der Waals surface area contributed by atoms with Crippen molar-refractivity contribution in [3.05, 3.63) is 35.4 Å². The standard InChI is InChI=1S/C14H18O2/c1-14(2,3)10-6-4-9(5-7-10)11-8-12(11)13(15)16/h4-7,11-12H,8H2,1-3H3,(H,15,16)/p-1/t11-,12-/m1/s1. The molecular formula is C14H17O2-. The zero-order valence-corrected chi connectivity index (χ0v) is 9.99. The zero-order valence-electron chi connectivity index (χ0n) is 9.99. The Labute approximate surface area is 96.3 Å². The molecule has 2 rings (SSSR count). The van der Waals surface area contributed by atoms with Crippen molar-refractivity contribution in [2.75, 3.05) is 0 Å². The van der Waals surface area contributed by atoms with E-state index in [9.17, 15) is 9.90 Å². The van der Waals surface area contributed by atoms with Crippen LogP contribution in [0.1, 0.15) is 44.2 Å². The molecule has 86 valence electrons. The van der Waals surface area contributed by atoms with Crippen LogP contribution in [0.25, 0.3) is 0 Å². The highest BCUT2D eigenvalue weighted by Gasteiger charge is 2.39. The Morgan fingerprint density at radius 3 is 2.19 bits per heavy atom. The van der Waals surface area contributed by atoms with Gasteiger partial charge in [-0.3, -0.25) is 0 Å². The number of hydrogen-bond acceptors (Lipinski definition) is 2. The molecule has 0 spiro atoms. The van der Waals surface area contributed by atoms with E-state index in [2.05, 4.69) is 32.9 Å². The number of aliphatic carboxylic acids is 1. The van der Waals surface area contributed by atoms with E-state index >= 15 is 0 Å². The predicted octanol–water partition coefficient (Wildman–Crippen LogP) is 1.84. The number of carboxylic acid groups (broad SMARTS) is 1. The molecule has 1 saturated carbocycles. The van der Waals surface area contributed by atoms with Crippen LogP contribution in [0.15, 0.2) is 24.3 Å². The number of benzene rings is 1. The second-order valence-electron chi connectivity index (χ2n) is 5.64. The summed E-state index contributed by atoms with van der Waals surface area (Å²) in [6.45, 7) is 6.51. The molecule has 1 aliphatic carbocycles. The molecule has 0 saturated heterocycles. The van der Waals surface area contributed by atoms with Crippen molar-refractivity contribution >= 4 is 5.97 Å². The molecular weight excluding hydrogens is 200 g/mol. The normalized spacial score (nSPS) is 24.2. The van der Waals surface area contributed by atoms with E-state index in [1.54, 1.807) is 0 Å². The Kier molecular flexibility index (Phi) is 2.53. The minimum absolute atomic E-state index is 0.149. The molecule has 0 amide bonds. The summed E-state index contributed by atoms with van der Waals surface area (Å²) in [6, 6.07) is 8.29. The monoisotopic (exact) mass is 217 g/mol. The quantitative estimate of drug-likeness (QED) is 0.758. The van der Waals surface area contributed by atoms with Crippen LogP contribution in [0.4, 0.5) is 0 Å². The van der Waals surface area contributed by atoms with E-state index in [4.69, 9.17) is 0 Å². The van der Waals surface area contributed by atoms with Gasteiger partial charge in [-0.2, -0.15) is 0 Å². The number of carbonyl (C=O) groups is 1. The van der Waals surface area contributed by atoms with Crippen molar-refractivity contribution < 1.29 is 9.90 Å². The van der Waals surface area contributed by atoms with Crippen molar-refractivity contribution in [2.45, 2.75) is 38.5 Å². The summed E-state index contributed by atoms with van der Waals surface area (Å²) in [5, 5.41) is 10.7. The Morgan fingerprint density at radius 1 is 1.25 bits per heavy atom. The largest absolute Gasteiger partial charge is 0.550 e. The van der Waals surface area contributed by atoms with Crippen LogP contribution in [0.2, 0.25) is 0 Å². The first-order valence-electron chi connectivity index (χ1n) is 5.71. The Hall–Kier alpha value is -1.31. The van der Waals surface area contributed by atoms with Crippen molar-refractivity contribution in [3.63, 3.8) is 0 Å². The van der Waals surface area contributed by atoms with Gasteiger partial charge in [0, 0.05) is 11.9 Å². The van der Waals surface area contributed by atoms with Gasteiger partial charge in [0.1, 0.15) is 0 Å². The van der Waals surface area contributed by atoms with E-state index in [0.29, 0.717) is 0 Å². The molecule has 1 aliphatic rings. The SMILES string of the molecule is CC(C)(C)c1ccc([C@H]2C[C@H]2C(=O)[O-])cc1. The lowest BCUT2D eigenvalue weighted by Crippen LogP contribution is -2.24. The molecule has 0 unspecified atom stereocenters. The fourth-order valence-electron chi connectivity index (χ4n) is 2.05. The van der Waals surface area contributed by atoms with Gasteiger partial charge in [-0.05, 0) is 28.9 Å². The lowest BCUT2D eigenvalue weighted by Gasteiger charge is -2.19. The Balaban J connectivity index is 2.13. The van der Waals surface area contributed by atoms with Gasteiger partial charge >= 0.3 is 0 Å². The Morgan fingerprint density at radius 2 is 1.81 bits per heavy atom. The van der Waals surface area contributed by atoms with Crippen molar-refractivity contribution in [2.24, 2.45) is 5.92 Å². The van der Waals surface area contributed by atoms with Crippen LogP contribution in [0, 0.1) is 5.92 Å². The highest BCUT2D eigenvalue weighted by Crippen LogP contribution is 2.47. The molecule has 0 aliphatic heterocycles. The number of carboxylic acids is 1. The summed E-state index contributed by atoms with van der Waals surface area (Å²) in [6.07, 6.45) is 0.733. The highest BCUT2D eigenvalue weighted by molar-refractivity contribution is 5.73. The third-order valence-corrected chi connectivity index (χ3v) is 3.30. The molecule has 2 heteroatoms. The maximum Gasteiger partial charge on any atom is 0.0451 e. The van der Waals surface area contributed by atoms with Crippen LogP contribution < -0.4 is 5.11 Å². The topological polar surface area (TPSA) is 40.1 Å². The van der Waals surface area contributed by atoms with Gasteiger partial charge in [-0.15, -0.1) is 0 Å². The molecule has 1 aromatic rings. The molecule has 0 bridgehead atoms. The van der Waals surface area contributed by atoms with Crippen LogP contribution in [-0.2, 0) is 10.2 Å². The number of hydrogen-bond donors (Lipinski definition) is 0. The molecule has 0 heterocycles. The van der Waals surface area contributed by atoms with E-state index in [1.807, 2.05) is 12.1 Å². The fraction of sp³-hybridized carbons (Fsp3) is 0.500. The van der Waals surface area contributed by atoms with Gasteiger partial charge < -0.3 is 9.90 Å². The fourth-order valence-corrected chi connectivity index (χ4v) is 2.05. The summed E-state index contributed by atoms with van der Waals surface area (Å²) < 4.78 is 0. The van der Waals surface area contributed by atoms with Crippen molar-refractivity contribution in [1.29, 1.82) is 0 Å². The van der Waals surface area contributed by atoms with Gasteiger partial charge in [0.05, 0.1) is 0 Å². The van der Waals surface area contributed by atoms with Crippen molar-refractivity contribution in [3.8, 4) is 0 Å². The first-order valence-corrected chi connectivity index (χ1v) is 5.71. The lowest BCUT2D eigenvalue weighted by atomic mass is 9.86. The Bertz CT molecular complexity index is 398. The first-order chi connectivity index (χ1) is 7.39. The minimum atomic E-state index is -0.912. The van der Waals surface area contributed by atoms with Crippen LogP contribution in [-0.4, -0.2) is 5.97 Å². The molecule has 1 aromatic carbocycles. The zero-order chi connectivity index (χ0) is 11.9. The smallest absolute Gasteiger partial charge is 0.0451 e. The molecule has 0 radical (unpaired) electrons. The second kappa shape index (κ2) is 3.62. The first kappa shape index (κ1) is 11.2. The third-order valence-electron chi connectivity index (χ3n) is 3.30. The highest BCUT2D eigenvalue weighted by atomic mass is 16.4. The van der Waals surface area contributed by atoms with Crippen LogP contribution in [0.3, 0.4) is 0 Å². The van der Waals surface area contributed by atoms with E-state index in [-0.39, 0.29) is 17.3 Å². The van der Waals surface area contributed by atoms with E-state index in [1.165, 1.54) is 5.56 Å². The van der Waals surface area contributed by atoms with Crippen molar-refractivity contribution in [1.82, 2.24) is 0 Å². The van der Waals surface area contributed by atoms with Gasteiger partial charge in [0.15, 0.2) is 0 Å². The van der Waals surface area contributed by atoms with Crippen LogP contribution >= 0.6 is 0 Å². The number of carbonyl (C=O) groups excluding carboxylic acids is 1. The molecule has 0 N–H and O–H groups in total. The summed E-state index contributed by atoms with van der Waals surface area (Å²) in [4.78, 5) is 10.7. The summed E-state index contributed by atoms with van der Waals surface area (Å²) in [7, 11) is 0. The molecule has 16 heavy (non-hydrogen) atoms. The van der Waals surface area contributed by atoms with Gasteiger partial charge in [0.25, 0.3) is 0 Å². The second-order valence-corrected chi connectivity index (χ2v) is 5.64. The van der Waals surface area contributed by atoms with Crippen LogP contribution in [0.5, 0.6) is 0 Å². The van der Waals surface area contributed by atoms with Gasteiger partial charge in [-0.1, -0.05) is 45.0 Å². The molecule has 0 aromatic heterocycles. The third kappa shape index (κ3) is 2.11.